The quantitative estimate of drug-likeness (QED) is 0.856. The first kappa shape index (κ1) is 14.9. The van der Waals surface area contributed by atoms with Gasteiger partial charge in [-0.1, -0.05) is 6.07 Å². The molecule has 1 unspecified atom stereocenters. The molecule has 0 aromatic carbocycles. The number of aromatic nitrogens is 2. The highest BCUT2D eigenvalue weighted by atomic mass is 32.2. The van der Waals surface area contributed by atoms with Gasteiger partial charge in [0.1, 0.15) is 11.0 Å². The maximum absolute atomic E-state index is 12.5. The number of ether oxygens (including phenoxy) is 1. The maximum atomic E-state index is 12.5. The fraction of sp³-hybridized carbons (Fsp3) is 0.333. The van der Waals surface area contributed by atoms with Crippen molar-refractivity contribution in [3.8, 4) is 5.88 Å². The molecular weight excluding hydrogens is 302 g/mol. The minimum atomic E-state index is -3.50. The summed E-state index contributed by atoms with van der Waals surface area (Å²) in [6, 6.07) is 8.72. The molecule has 7 heteroatoms. The topological polar surface area (TPSA) is 72.4 Å². The molecule has 0 amide bonds. The van der Waals surface area contributed by atoms with Crippen LogP contribution in [0.25, 0.3) is 0 Å². The second-order valence-electron chi connectivity index (χ2n) is 5.20. The maximum Gasteiger partial charge on any atom is 0.244 e. The van der Waals surface area contributed by atoms with Crippen LogP contribution in [0, 0.1) is 6.92 Å². The zero-order valence-corrected chi connectivity index (χ0v) is 13.0. The molecule has 3 rings (SSSR count). The van der Waals surface area contributed by atoms with Crippen LogP contribution < -0.4 is 4.74 Å². The van der Waals surface area contributed by atoms with Gasteiger partial charge in [0.05, 0.1) is 6.54 Å². The molecule has 0 radical (unpaired) electrons. The van der Waals surface area contributed by atoms with E-state index in [0.29, 0.717) is 25.4 Å². The summed E-state index contributed by atoms with van der Waals surface area (Å²) < 4.78 is 32.2. The largest absolute Gasteiger partial charge is 0.473 e. The van der Waals surface area contributed by atoms with Crippen molar-refractivity contribution in [2.24, 2.45) is 0 Å². The monoisotopic (exact) mass is 319 g/mol. The Hall–Kier alpha value is -1.99. The number of pyridine rings is 2. The first-order valence-corrected chi connectivity index (χ1v) is 8.50. The summed E-state index contributed by atoms with van der Waals surface area (Å²) in [6.07, 6.45) is 3.39. The molecular formula is C15H17N3O3S. The van der Waals surface area contributed by atoms with E-state index < -0.39 is 10.0 Å². The van der Waals surface area contributed by atoms with Crippen molar-refractivity contribution < 1.29 is 13.2 Å². The van der Waals surface area contributed by atoms with Crippen molar-refractivity contribution in [1.29, 1.82) is 0 Å². The fourth-order valence-corrected chi connectivity index (χ4v) is 3.87. The van der Waals surface area contributed by atoms with E-state index in [9.17, 15) is 8.42 Å². The fourth-order valence-electron chi connectivity index (χ4n) is 2.42. The molecule has 116 valence electrons. The summed E-state index contributed by atoms with van der Waals surface area (Å²) >= 11 is 0. The Bertz CT molecular complexity index is 750. The highest BCUT2D eigenvalue weighted by molar-refractivity contribution is 7.89. The van der Waals surface area contributed by atoms with Crippen molar-refractivity contribution in [2.45, 2.75) is 24.3 Å². The molecule has 2 aromatic heterocycles. The lowest BCUT2D eigenvalue weighted by atomic mass is 10.3. The van der Waals surface area contributed by atoms with Crippen LogP contribution in [0.3, 0.4) is 0 Å². The van der Waals surface area contributed by atoms with E-state index in [-0.39, 0.29) is 11.0 Å². The van der Waals surface area contributed by atoms with Gasteiger partial charge in [0.25, 0.3) is 0 Å². The number of hydrogen-bond donors (Lipinski definition) is 0. The van der Waals surface area contributed by atoms with Crippen LogP contribution in [-0.4, -0.2) is 41.9 Å². The van der Waals surface area contributed by atoms with E-state index in [2.05, 4.69) is 9.97 Å². The van der Waals surface area contributed by atoms with E-state index >= 15 is 0 Å². The molecule has 1 aliphatic rings. The Labute approximate surface area is 129 Å². The molecule has 3 heterocycles. The predicted molar refractivity (Wildman–Crippen MR) is 81.0 cm³/mol. The normalized spacial score (nSPS) is 19.2. The minimum Gasteiger partial charge on any atom is -0.473 e. The van der Waals surface area contributed by atoms with Crippen molar-refractivity contribution >= 4 is 10.0 Å². The van der Waals surface area contributed by atoms with E-state index in [1.54, 1.807) is 24.4 Å². The average molecular weight is 319 g/mol. The van der Waals surface area contributed by atoms with Crippen LogP contribution in [-0.2, 0) is 10.0 Å². The lowest BCUT2D eigenvalue weighted by molar-refractivity contribution is 0.206. The third-order valence-corrected chi connectivity index (χ3v) is 5.38. The van der Waals surface area contributed by atoms with E-state index in [4.69, 9.17) is 4.74 Å². The standard InChI is InChI=1S/C15H17N3O3S/c1-12-4-2-6-15(17-12)21-13-7-9-18(11-13)22(19,20)14-5-3-8-16-10-14/h2-6,8,10,13H,7,9,11H2,1H3. The zero-order chi connectivity index (χ0) is 15.6. The molecule has 1 fully saturated rings. The second kappa shape index (κ2) is 6.02. The van der Waals surface area contributed by atoms with E-state index in [0.717, 1.165) is 5.69 Å². The van der Waals surface area contributed by atoms with E-state index in [1.807, 2.05) is 19.1 Å². The van der Waals surface area contributed by atoms with Crippen molar-refractivity contribution in [3.05, 3.63) is 48.4 Å². The van der Waals surface area contributed by atoms with Gasteiger partial charge in [-0.2, -0.15) is 4.31 Å². The second-order valence-corrected chi connectivity index (χ2v) is 7.14. The van der Waals surface area contributed by atoms with Gasteiger partial charge >= 0.3 is 0 Å². The van der Waals surface area contributed by atoms with Gasteiger partial charge in [-0.25, -0.2) is 13.4 Å². The number of nitrogens with zero attached hydrogens (tertiary/aromatic N) is 3. The van der Waals surface area contributed by atoms with Crippen LogP contribution >= 0.6 is 0 Å². The average Bonchev–Trinajstić information content (AvgIpc) is 2.97. The summed E-state index contributed by atoms with van der Waals surface area (Å²) in [6.45, 7) is 2.65. The summed E-state index contributed by atoms with van der Waals surface area (Å²) in [4.78, 5) is 8.37. The Morgan fingerprint density at radius 2 is 2.14 bits per heavy atom. The first-order chi connectivity index (χ1) is 10.6. The van der Waals surface area contributed by atoms with Gasteiger partial charge in [-0.15, -0.1) is 0 Å². The molecule has 1 atom stereocenters. The molecule has 6 nitrogen and oxygen atoms in total. The number of aryl methyl sites for hydroxylation is 1. The number of hydrogen-bond acceptors (Lipinski definition) is 5. The molecule has 1 saturated heterocycles. The number of sulfonamides is 1. The van der Waals surface area contributed by atoms with Crippen LogP contribution in [0.4, 0.5) is 0 Å². The van der Waals surface area contributed by atoms with Crippen molar-refractivity contribution in [1.82, 2.24) is 14.3 Å². The summed E-state index contributed by atoms with van der Waals surface area (Å²) in [5.41, 5.74) is 0.871. The molecule has 2 aromatic rings. The summed E-state index contributed by atoms with van der Waals surface area (Å²) in [7, 11) is -3.50. The van der Waals surface area contributed by atoms with Gasteiger partial charge < -0.3 is 4.74 Å². The van der Waals surface area contributed by atoms with Crippen LogP contribution in [0.2, 0.25) is 0 Å². The lowest BCUT2D eigenvalue weighted by Gasteiger charge is -2.16. The third kappa shape index (κ3) is 3.10. The lowest BCUT2D eigenvalue weighted by Crippen LogP contribution is -2.31. The minimum absolute atomic E-state index is 0.180. The van der Waals surface area contributed by atoms with Crippen LogP contribution in [0.1, 0.15) is 12.1 Å². The van der Waals surface area contributed by atoms with Gasteiger partial charge in [-0.05, 0) is 31.5 Å². The van der Waals surface area contributed by atoms with Crippen LogP contribution in [0.15, 0.2) is 47.6 Å². The smallest absolute Gasteiger partial charge is 0.244 e. The highest BCUT2D eigenvalue weighted by Crippen LogP contribution is 2.23. The Morgan fingerprint density at radius 1 is 1.27 bits per heavy atom. The number of rotatable bonds is 4. The molecule has 0 saturated carbocycles. The molecule has 0 N–H and O–H groups in total. The van der Waals surface area contributed by atoms with Gasteiger partial charge in [0.2, 0.25) is 15.9 Å². The van der Waals surface area contributed by atoms with Gasteiger partial charge in [0.15, 0.2) is 0 Å². The van der Waals surface area contributed by atoms with Crippen molar-refractivity contribution in [3.63, 3.8) is 0 Å². The summed E-state index contributed by atoms with van der Waals surface area (Å²) in [5, 5.41) is 0. The predicted octanol–water partition coefficient (Wildman–Crippen LogP) is 1.63. The Morgan fingerprint density at radius 3 is 2.86 bits per heavy atom. The molecule has 0 bridgehead atoms. The Kier molecular flexibility index (Phi) is 4.08. The Balaban J connectivity index is 1.70. The molecule has 1 aliphatic heterocycles. The third-order valence-electron chi connectivity index (χ3n) is 3.53. The van der Waals surface area contributed by atoms with Crippen LogP contribution in [0.5, 0.6) is 5.88 Å². The molecule has 0 spiro atoms. The SMILES string of the molecule is Cc1cccc(OC2CCN(S(=O)(=O)c3cccnc3)C2)n1. The van der Waals surface area contributed by atoms with Crippen molar-refractivity contribution in [2.75, 3.05) is 13.1 Å². The first-order valence-electron chi connectivity index (χ1n) is 7.06. The highest BCUT2D eigenvalue weighted by Gasteiger charge is 2.33. The zero-order valence-electron chi connectivity index (χ0n) is 12.2. The van der Waals surface area contributed by atoms with Gasteiger partial charge in [0, 0.05) is 30.7 Å². The van der Waals surface area contributed by atoms with E-state index in [1.165, 1.54) is 10.5 Å². The summed E-state index contributed by atoms with van der Waals surface area (Å²) in [5.74, 6) is 0.533. The van der Waals surface area contributed by atoms with Gasteiger partial charge in [-0.3, -0.25) is 4.98 Å². The molecule has 22 heavy (non-hydrogen) atoms. The molecule has 0 aliphatic carbocycles.